The van der Waals surface area contributed by atoms with Gasteiger partial charge >= 0.3 is 0 Å². The molecule has 0 radical (unpaired) electrons. The van der Waals surface area contributed by atoms with Crippen LogP contribution in [0.3, 0.4) is 0 Å². The van der Waals surface area contributed by atoms with Gasteiger partial charge in [0.15, 0.2) is 0 Å². The molecule has 1 aromatic carbocycles. The number of hydrogen-bond acceptors (Lipinski definition) is 5. The molecule has 5 nitrogen and oxygen atoms in total. The number of halogens is 1. The highest BCUT2D eigenvalue weighted by atomic mass is 35.5. The van der Waals surface area contributed by atoms with Crippen LogP contribution in [0.5, 0.6) is 0 Å². The fraction of sp³-hybridized carbons (Fsp3) is 0.520. The van der Waals surface area contributed by atoms with E-state index in [4.69, 9.17) is 16.6 Å². The topological polar surface area (TPSA) is 54.7 Å². The van der Waals surface area contributed by atoms with E-state index in [1.54, 1.807) is 0 Å². The second-order valence-corrected chi connectivity index (χ2v) is 8.97. The number of nitrogens with one attached hydrogen (secondary N) is 1. The molecular weight excluding hydrogens is 406 g/mol. The van der Waals surface area contributed by atoms with Crippen LogP contribution in [0.4, 0.5) is 0 Å². The van der Waals surface area contributed by atoms with Gasteiger partial charge in [-0.1, -0.05) is 48.9 Å². The van der Waals surface area contributed by atoms with Crippen molar-refractivity contribution in [2.45, 2.75) is 52.6 Å². The van der Waals surface area contributed by atoms with Crippen LogP contribution < -0.4 is 5.32 Å². The SMILES string of the molecule is CC/C(C)=C(C1=C(/N=C(\C)Cl)CN(Cc2ccccc2)CC1)\N1CCNC(CC#N)C1. The molecule has 6 heteroatoms. The molecule has 1 unspecified atom stereocenters. The molecule has 2 aliphatic heterocycles. The number of hydrogen-bond donors (Lipinski definition) is 1. The van der Waals surface area contributed by atoms with Crippen LogP contribution in [0.25, 0.3) is 0 Å². The number of piperazine rings is 1. The molecule has 1 N–H and O–H groups in total. The zero-order valence-electron chi connectivity index (χ0n) is 19.0. The van der Waals surface area contributed by atoms with E-state index in [1.807, 2.05) is 6.92 Å². The molecule has 31 heavy (non-hydrogen) atoms. The summed E-state index contributed by atoms with van der Waals surface area (Å²) in [5.41, 5.74) is 6.42. The van der Waals surface area contributed by atoms with Gasteiger partial charge in [-0.25, -0.2) is 4.99 Å². The smallest absolute Gasteiger partial charge is 0.103 e. The lowest BCUT2D eigenvalue weighted by atomic mass is 9.95. The maximum Gasteiger partial charge on any atom is 0.103 e. The van der Waals surface area contributed by atoms with E-state index in [1.165, 1.54) is 22.4 Å². The van der Waals surface area contributed by atoms with Crippen LogP contribution in [0, 0.1) is 11.3 Å². The summed E-state index contributed by atoms with van der Waals surface area (Å²) in [6.45, 7) is 11.7. The lowest BCUT2D eigenvalue weighted by molar-refractivity contribution is 0.238. The molecule has 0 aromatic heterocycles. The first-order valence-electron chi connectivity index (χ1n) is 11.3. The highest BCUT2D eigenvalue weighted by molar-refractivity contribution is 6.64. The predicted octanol–water partition coefficient (Wildman–Crippen LogP) is 4.68. The van der Waals surface area contributed by atoms with Crippen molar-refractivity contribution in [1.82, 2.24) is 15.1 Å². The van der Waals surface area contributed by atoms with Gasteiger partial charge in [0.1, 0.15) is 5.17 Å². The third-order valence-electron chi connectivity index (χ3n) is 6.07. The summed E-state index contributed by atoms with van der Waals surface area (Å²) in [6, 6.07) is 13.1. The zero-order valence-corrected chi connectivity index (χ0v) is 19.8. The van der Waals surface area contributed by atoms with Crippen molar-refractivity contribution in [2.24, 2.45) is 4.99 Å². The van der Waals surface area contributed by atoms with E-state index in [-0.39, 0.29) is 6.04 Å². The first kappa shape index (κ1) is 23.5. The van der Waals surface area contributed by atoms with Crippen LogP contribution in [-0.2, 0) is 6.54 Å². The third kappa shape index (κ3) is 6.43. The Kier molecular flexibility index (Phi) is 8.71. The van der Waals surface area contributed by atoms with E-state index in [0.717, 1.165) is 57.8 Å². The molecule has 0 aliphatic carbocycles. The van der Waals surface area contributed by atoms with Gasteiger partial charge in [0.25, 0.3) is 0 Å². The largest absolute Gasteiger partial charge is 0.368 e. The van der Waals surface area contributed by atoms with E-state index >= 15 is 0 Å². The van der Waals surface area contributed by atoms with Crippen LogP contribution >= 0.6 is 11.6 Å². The van der Waals surface area contributed by atoms with Crippen LogP contribution in [0.1, 0.15) is 45.6 Å². The van der Waals surface area contributed by atoms with Crippen LogP contribution in [0.15, 0.2) is 57.9 Å². The van der Waals surface area contributed by atoms with E-state index in [9.17, 15) is 5.26 Å². The number of nitrogens with zero attached hydrogens (tertiary/aromatic N) is 4. The summed E-state index contributed by atoms with van der Waals surface area (Å²) in [5.74, 6) is 0. The Morgan fingerprint density at radius 1 is 1.26 bits per heavy atom. The number of aliphatic imine (C=N–C) groups is 1. The van der Waals surface area contributed by atoms with Crippen molar-refractivity contribution in [3.05, 3.63) is 58.4 Å². The molecule has 0 bridgehead atoms. The van der Waals surface area contributed by atoms with Gasteiger partial charge < -0.3 is 10.2 Å². The van der Waals surface area contributed by atoms with Gasteiger partial charge in [-0.2, -0.15) is 5.26 Å². The first-order valence-corrected chi connectivity index (χ1v) is 11.6. The Bertz CT molecular complexity index is 877. The van der Waals surface area contributed by atoms with Gasteiger partial charge in [0, 0.05) is 51.0 Å². The average molecular weight is 440 g/mol. The monoisotopic (exact) mass is 439 g/mol. The van der Waals surface area contributed by atoms with Crippen molar-refractivity contribution in [3.8, 4) is 6.07 Å². The minimum atomic E-state index is 0.207. The normalized spacial score (nSPS) is 21.7. The molecule has 1 fully saturated rings. The fourth-order valence-corrected chi connectivity index (χ4v) is 4.58. The van der Waals surface area contributed by atoms with Gasteiger partial charge in [-0.3, -0.25) is 4.90 Å². The highest BCUT2D eigenvalue weighted by Crippen LogP contribution is 2.32. The Morgan fingerprint density at radius 3 is 2.71 bits per heavy atom. The van der Waals surface area contributed by atoms with Crippen molar-refractivity contribution in [3.63, 3.8) is 0 Å². The van der Waals surface area contributed by atoms with Crippen molar-refractivity contribution in [1.29, 1.82) is 5.26 Å². The lowest BCUT2D eigenvalue weighted by Gasteiger charge is -2.40. The van der Waals surface area contributed by atoms with E-state index in [2.05, 4.69) is 65.4 Å². The Balaban J connectivity index is 1.92. The molecule has 3 rings (SSSR count). The van der Waals surface area contributed by atoms with Crippen LogP contribution in [-0.4, -0.2) is 53.7 Å². The average Bonchev–Trinajstić information content (AvgIpc) is 2.76. The standard InChI is InChI=1S/C25H34ClN5/c1-4-19(2)25(31-15-13-28-22(17-31)10-12-27)23-11-14-30(18-24(23)29-20(3)26)16-21-8-6-5-7-9-21/h5-9,22,28H,4,10-11,13-18H2,1-3H3/b25-19-,29-20+. The summed E-state index contributed by atoms with van der Waals surface area (Å²) in [4.78, 5) is 9.71. The van der Waals surface area contributed by atoms with Crippen molar-refractivity contribution >= 4 is 16.8 Å². The first-order chi connectivity index (χ1) is 15.0. The summed E-state index contributed by atoms with van der Waals surface area (Å²) in [7, 11) is 0. The van der Waals surface area contributed by atoms with Crippen molar-refractivity contribution < 1.29 is 0 Å². The highest BCUT2D eigenvalue weighted by Gasteiger charge is 2.28. The second-order valence-electron chi connectivity index (χ2n) is 8.42. The Labute approximate surface area is 192 Å². The quantitative estimate of drug-likeness (QED) is 0.627. The zero-order chi connectivity index (χ0) is 22.2. The lowest BCUT2D eigenvalue weighted by Crippen LogP contribution is -2.50. The maximum atomic E-state index is 9.17. The minimum absolute atomic E-state index is 0.207. The Hall–Kier alpha value is -2.13. The molecular formula is C25H34ClN5. The Morgan fingerprint density at radius 2 is 2.03 bits per heavy atom. The van der Waals surface area contributed by atoms with Gasteiger partial charge in [0.05, 0.1) is 18.2 Å². The van der Waals surface area contributed by atoms with Gasteiger partial charge in [-0.05, 0) is 43.4 Å². The molecule has 2 aliphatic rings. The van der Waals surface area contributed by atoms with Gasteiger partial charge in [-0.15, -0.1) is 0 Å². The summed E-state index contributed by atoms with van der Waals surface area (Å²) >= 11 is 6.27. The molecule has 0 spiro atoms. The second kappa shape index (κ2) is 11.5. The maximum absolute atomic E-state index is 9.17. The molecule has 0 amide bonds. The number of rotatable bonds is 7. The fourth-order valence-electron chi connectivity index (χ4n) is 4.48. The van der Waals surface area contributed by atoms with E-state index in [0.29, 0.717) is 11.6 Å². The summed E-state index contributed by atoms with van der Waals surface area (Å²) < 4.78 is 0. The number of nitriles is 1. The molecule has 1 saturated heterocycles. The van der Waals surface area contributed by atoms with Crippen molar-refractivity contribution in [2.75, 3.05) is 32.7 Å². The number of benzene rings is 1. The summed E-state index contributed by atoms with van der Waals surface area (Å²) in [6.07, 6.45) is 2.48. The van der Waals surface area contributed by atoms with Gasteiger partial charge in [0.2, 0.25) is 0 Å². The molecule has 1 aromatic rings. The molecule has 1 atom stereocenters. The van der Waals surface area contributed by atoms with Crippen LogP contribution in [0.2, 0.25) is 0 Å². The minimum Gasteiger partial charge on any atom is -0.368 e. The predicted molar refractivity (Wildman–Crippen MR) is 129 cm³/mol. The number of allylic oxidation sites excluding steroid dienone is 2. The molecule has 166 valence electrons. The summed E-state index contributed by atoms with van der Waals surface area (Å²) in [5, 5.41) is 13.2. The third-order valence-corrected chi connectivity index (χ3v) is 6.15. The molecule has 2 heterocycles. The molecule has 0 saturated carbocycles. The van der Waals surface area contributed by atoms with E-state index < -0.39 is 0 Å².